The van der Waals surface area contributed by atoms with Gasteiger partial charge in [0.05, 0.1) is 18.7 Å². The van der Waals surface area contributed by atoms with Crippen LogP contribution in [-0.2, 0) is 6.42 Å². The number of carbonyl (C=O) groups excluding carboxylic acids is 2. The Morgan fingerprint density at radius 3 is 2.12 bits per heavy atom. The number of benzene rings is 3. The molecule has 2 bridgehead atoms. The Labute approximate surface area is 292 Å². The summed E-state index contributed by atoms with van der Waals surface area (Å²) < 4.78 is 5.45. The molecule has 4 amide bonds. The smallest absolute Gasteiger partial charge is 0.322 e. The highest BCUT2D eigenvalue weighted by molar-refractivity contribution is 5.91. The number of urea groups is 2. The largest absolute Gasteiger partial charge is 0.497 e. The fourth-order valence-corrected chi connectivity index (χ4v) is 9.90. The number of para-hydroxylation sites is 2. The summed E-state index contributed by atoms with van der Waals surface area (Å²) in [5.74, 6) is 1.43. The molecule has 8 rings (SSSR count). The quantitative estimate of drug-likeness (QED) is 0.192. The molecule has 2 saturated carbocycles. The minimum absolute atomic E-state index is 0.0336. The zero-order chi connectivity index (χ0) is 33.7. The zero-order valence-electron chi connectivity index (χ0n) is 29.0. The normalized spacial score (nSPS) is 25.6. The molecule has 8 nitrogen and oxygen atoms in total. The lowest BCUT2D eigenvalue weighted by Gasteiger charge is -2.66. The van der Waals surface area contributed by atoms with Gasteiger partial charge in [-0.3, -0.25) is 4.90 Å². The highest BCUT2D eigenvalue weighted by atomic mass is 16.5. The van der Waals surface area contributed by atoms with Crippen LogP contribution in [0.4, 0.5) is 21.0 Å². The van der Waals surface area contributed by atoms with E-state index >= 15 is 0 Å². The molecule has 0 unspecified atom stereocenters. The van der Waals surface area contributed by atoms with E-state index in [0.29, 0.717) is 18.5 Å². The van der Waals surface area contributed by atoms with Gasteiger partial charge in [-0.05, 0) is 106 Å². The molecule has 3 aromatic carbocycles. The van der Waals surface area contributed by atoms with Gasteiger partial charge in [-0.1, -0.05) is 80.6 Å². The van der Waals surface area contributed by atoms with Crippen LogP contribution in [-0.4, -0.2) is 65.2 Å². The molecule has 5 fully saturated rings. The summed E-state index contributed by atoms with van der Waals surface area (Å²) in [4.78, 5) is 33.3. The van der Waals surface area contributed by atoms with Crippen molar-refractivity contribution in [1.29, 1.82) is 0 Å². The lowest BCUT2D eigenvalue weighted by atomic mass is 9.60. The first kappa shape index (κ1) is 33.5. The van der Waals surface area contributed by atoms with Crippen molar-refractivity contribution in [3.8, 4) is 5.75 Å². The first-order valence-electron chi connectivity index (χ1n) is 18.6. The van der Waals surface area contributed by atoms with E-state index in [9.17, 15) is 9.59 Å². The van der Waals surface area contributed by atoms with Crippen molar-refractivity contribution in [3.63, 3.8) is 0 Å². The summed E-state index contributed by atoms with van der Waals surface area (Å²) in [6, 6.07) is 28.0. The van der Waals surface area contributed by atoms with E-state index in [-0.39, 0.29) is 29.2 Å². The van der Waals surface area contributed by atoms with Gasteiger partial charge < -0.3 is 25.6 Å². The van der Waals surface area contributed by atoms with Crippen molar-refractivity contribution in [2.24, 2.45) is 5.92 Å². The predicted molar refractivity (Wildman–Crippen MR) is 196 cm³/mol. The van der Waals surface area contributed by atoms with Crippen LogP contribution in [0.25, 0.3) is 0 Å². The lowest BCUT2D eigenvalue weighted by Crippen LogP contribution is -2.76. The van der Waals surface area contributed by atoms with Crippen LogP contribution in [0.15, 0.2) is 84.9 Å². The van der Waals surface area contributed by atoms with E-state index in [1.54, 1.807) is 7.11 Å². The summed E-state index contributed by atoms with van der Waals surface area (Å²) in [5, 5.41) is 9.56. The highest BCUT2D eigenvalue weighted by Gasteiger charge is 2.63. The maximum Gasteiger partial charge on any atom is 0.322 e. The molecule has 3 aromatic rings. The highest BCUT2D eigenvalue weighted by Crippen LogP contribution is 2.57. The van der Waals surface area contributed by atoms with Gasteiger partial charge in [0.1, 0.15) is 5.75 Å². The molecular weight excluding hydrogens is 610 g/mol. The standard InChI is InChI=1S/C41H53N5O3/c1-49-36-21-19-32(20-22-36)29-40-23-25-41(26-24-40,37-18-11-27-45(37)40)46(39(48)44-34-16-9-4-10-17-34)35(28-31-12-5-2-6-13-31)30-42-38(47)43-33-14-7-3-8-15-33/h3-4,7-10,14-17,19-22,31,35,37H,2,5-6,11-13,18,23-30H2,1H3,(H,44,48)(H2,42,43,47)/t35-,37-,40?,41?/m1/s1. The third-order valence-electron chi connectivity index (χ3n) is 12.2. The minimum Gasteiger partial charge on any atom is -0.497 e. The topological polar surface area (TPSA) is 85.9 Å². The Morgan fingerprint density at radius 1 is 0.816 bits per heavy atom. The van der Waals surface area contributed by atoms with Gasteiger partial charge in [0.15, 0.2) is 0 Å². The van der Waals surface area contributed by atoms with Gasteiger partial charge in [-0.15, -0.1) is 0 Å². The molecule has 8 heteroatoms. The Bertz CT molecular complexity index is 1530. The minimum atomic E-state index is -0.298. The van der Waals surface area contributed by atoms with Crippen LogP contribution in [0.1, 0.15) is 82.6 Å². The van der Waals surface area contributed by atoms with Gasteiger partial charge >= 0.3 is 12.1 Å². The molecule has 3 saturated heterocycles. The van der Waals surface area contributed by atoms with Gasteiger partial charge in [-0.2, -0.15) is 0 Å². The van der Waals surface area contributed by atoms with Crippen molar-refractivity contribution >= 4 is 23.4 Å². The predicted octanol–water partition coefficient (Wildman–Crippen LogP) is 8.46. The number of piperidine rings is 2. The van der Waals surface area contributed by atoms with Gasteiger partial charge in [0.25, 0.3) is 0 Å². The SMILES string of the molecule is COc1ccc(CC23CCC(N(C(=O)Nc4ccccc4)[C@@H](CNC(=O)Nc4ccccc4)CC4CCCCC4)(CC2)[C@H]2CCCN23)cc1. The molecule has 3 N–H and O–H groups in total. The molecule has 260 valence electrons. The van der Waals surface area contributed by atoms with E-state index in [1.165, 1.54) is 37.7 Å². The number of nitrogens with zero attached hydrogens (tertiary/aromatic N) is 2. The average molecular weight is 664 g/mol. The van der Waals surface area contributed by atoms with Gasteiger partial charge in [-0.25, -0.2) is 9.59 Å². The third kappa shape index (κ3) is 7.16. The third-order valence-corrected chi connectivity index (χ3v) is 12.2. The zero-order valence-corrected chi connectivity index (χ0v) is 29.0. The number of fused-ring (bicyclic) bond motifs is 2. The number of rotatable bonds is 11. The number of anilines is 2. The van der Waals surface area contributed by atoms with Crippen molar-refractivity contribution in [3.05, 3.63) is 90.5 Å². The summed E-state index contributed by atoms with van der Waals surface area (Å²) in [6.45, 7) is 1.49. The first-order valence-corrected chi connectivity index (χ1v) is 18.6. The van der Waals surface area contributed by atoms with Crippen LogP contribution in [0.5, 0.6) is 5.75 Å². The van der Waals surface area contributed by atoms with Crippen LogP contribution in [0, 0.1) is 5.92 Å². The van der Waals surface area contributed by atoms with E-state index in [0.717, 1.165) is 75.0 Å². The molecule has 2 aliphatic carbocycles. The average Bonchev–Trinajstić information content (AvgIpc) is 3.67. The fourth-order valence-electron chi connectivity index (χ4n) is 9.90. The Balaban J connectivity index is 1.20. The van der Waals surface area contributed by atoms with Crippen molar-refractivity contribution in [2.45, 2.75) is 107 Å². The second-order valence-corrected chi connectivity index (χ2v) is 15.0. The van der Waals surface area contributed by atoms with Crippen LogP contribution in [0.2, 0.25) is 0 Å². The van der Waals surface area contributed by atoms with E-state index in [2.05, 4.69) is 50.0 Å². The number of amides is 4. The molecule has 49 heavy (non-hydrogen) atoms. The van der Waals surface area contributed by atoms with Gasteiger partial charge in [0.2, 0.25) is 0 Å². The molecule has 0 spiro atoms. The lowest BCUT2D eigenvalue weighted by molar-refractivity contribution is -0.132. The van der Waals surface area contributed by atoms with Crippen LogP contribution >= 0.6 is 0 Å². The Morgan fingerprint density at radius 2 is 1.47 bits per heavy atom. The van der Waals surface area contributed by atoms with E-state index in [1.807, 2.05) is 60.7 Å². The molecule has 0 radical (unpaired) electrons. The second-order valence-electron chi connectivity index (χ2n) is 15.0. The second kappa shape index (κ2) is 14.8. The van der Waals surface area contributed by atoms with Crippen LogP contribution < -0.4 is 20.7 Å². The number of nitrogens with one attached hydrogen (secondary N) is 3. The fraction of sp³-hybridized carbons (Fsp3) is 0.512. The summed E-state index contributed by atoms with van der Waals surface area (Å²) in [6.07, 6.45) is 14.4. The maximum atomic E-state index is 14.9. The number of ether oxygens (including phenoxy) is 1. The number of methoxy groups -OCH3 is 1. The molecule has 3 heterocycles. The Kier molecular flexibility index (Phi) is 10.1. The van der Waals surface area contributed by atoms with E-state index < -0.39 is 0 Å². The van der Waals surface area contributed by atoms with Crippen molar-refractivity contribution in [1.82, 2.24) is 15.1 Å². The van der Waals surface area contributed by atoms with Gasteiger partial charge in [0, 0.05) is 29.5 Å². The van der Waals surface area contributed by atoms with Crippen molar-refractivity contribution < 1.29 is 14.3 Å². The maximum absolute atomic E-state index is 14.9. The summed E-state index contributed by atoms with van der Waals surface area (Å²) in [7, 11) is 1.72. The molecule has 5 aliphatic rings. The molecule has 2 atom stereocenters. The number of hydrogen-bond donors (Lipinski definition) is 3. The molecule has 3 aliphatic heterocycles. The van der Waals surface area contributed by atoms with Crippen LogP contribution in [0.3, 0.4) is 0 Å². The first-order chi connectivity index (χ1) is 24.0. The number of hydrogen-bond acceptors (Lipinski definition) is 4. The molecular formula is C41H53N5O3. The summed E-state index contributed by atoms with van der Waals surface area (Å²) in [5.41, 5.74) is 2.72. The molecule has 0 aromatic heterocycles. The van der Waals surface area contributed by atoms with Crippen molar-refractivity contribution in [2.75, 3.05) is 30.8 Å². The Hall–Kier alpha value is -4.04. The monoisotopic (exact) mass is 663 g/mol. The number of carbonyl (C=O) groups is 2. The summed E-state index contributed by atoms with van der Waals surface area (Å²) >= 11 is 0. The van der Waals surface area contributed by atoms with E-state index in [4.69, 9.17) is 4.74 Å².